The van der Waals surface area contributed by atoms with Gasteiger partial charge in [-0.3, -0.25) is 9.59 Å². The number of carbonyl (C=O) groups is 3. The van der Waals surface area contributed by atoms with Crippen molar-refractivity contribution in [1.82, 2.24) is 4.90 Å². The quantitative estimate of drug-likeness (QED) is 0.750. The third-order valence-electron chi connectivity index (χ3n) is 4.94. The van der Waals surface area contributed by atoms with E-state index in [0.29, 0.717) is 24.3 Å². The normalized spacial score (nSPS) is 16.8. The number of benzene rings is 2. The lowest BCUT2D eigenvalue weighted by molar-refractivity contribution is -0.141. The summed E-state index contributed by atoms with van der Waals surface area (Å²) in [6.07, 6.45) is 1.25. The van der Waals surface area contributed by atoms with Crippen LogP contribution in [0.4, 0.5) is 5.69 Å². The van der Waals surface area contributed by atoms with Crippen LogP contribution in [-0.2, 0) is 20.7 Å². The lowest BCUT2D eigenvalue weighted by Gasteiger charge is -2.25. The third kappa shape index (κ3) is 5.20. The number of ether oxygens (including phenoxy) is 1. The van der Waals surface area contributed by atoms with Gasteiger partial charge in [-0.05, 0) is 36.6 Å². The SMILES string of the molecule is CN(C(=O)c1cccc(NC(=O)C2CCCO2)c1)C(Cc1ccccc1)C(=O)O. The van der Waals surface area contributed by atoms with Gasteiger partial charge < -0.3 is 20.1 Å². The number of carboxylic acids is 1. The predicted octanol–water partition coefficient (Wildman–Crippen LogP) is 2.57. The molecule has 0 spiro atoms. The van der Waals surface area contributed by atoms with E-state index in [4.69, 9.17) is 4.74 Å². The van der Waals surface area contributed by atoms with Crippen molar-refractivity contribution in [3.05, 3.63) is 65.7 Å². The van der Waals surface area contributed by atoms with Gasteiger partial charge in [0.05, 0.1) is 0 Å². The van der Waals surface area contributed by atoms with E-state index in [1.54, 1.807) is 24.3 Å². The van der Waals surface area contributed by atoms with Gasteiger partial charge in [0.2, 0.25) is 0 Å². The Morgan fingerprint density at radius 2 is 1.93 bits per heavy atom. The van der Waals surface area contributed by atoms with Gasteiger partial charge in [0.15, 0.2) is 0 Å². The molecule has 2 aromatic carbocycles. The molecule has 7 heteroatoms. The first kappa shape index (κ1) is 20.5. The number of rotatable bonds is 7. The van der Waals surface area contributed by atoms with Gasteiger partial charge in [0, 0.05) is 31.3 Å². The van der Waals surface area contributed by atoms with Crippen molar-refractivity contribution in [2.24, 2.45) is 0 Å². The first-order valence-corrected chi connectivity index (χ1v) is 9.52. The number of carboxylic acid groups (broad SMARTS) is 1. The summed E-state index contributed by atoms with van der Waals surface area (Å²) in [5.74, 6) is -1.75. The van der Waals surface area contributed by atoms with Crippen molar-refractivity contribution in [3.8, 4) is 0 Å². The van der Waals surface area contributed by atoms with E-state index < -0.39 is 24.0 Å². The Bertz CT molecular complexity index is 878. The standard InChI is InChI=1S/C22H24N2O5/c1-24(18(22(27)28)13-15-7-3-2-4-8-15)21(26)16-9-5-10-17(14-16)23-20(25)19-11-6-12-29-19/h2-5,7-10,14,18-19H,6,11-13H2,1H3,(H,23,25)(H,27,28). The summed E-state index contributed by atoms with van der Waals surface area (Å²) in [6.45, 7) is 0.569. The Morgan fingerprint density at radius 3 is 2.59 bits per heavy atom. The maximum absolute atomic E-state index is 12.9. The van der Waals surface area contributed by atoms with Gasteiger partial charge >= 0.3 is 5.97 Å². The molecule has 1 heterocycles. The summed E-state index contributed by atoms with van der Waals surface area (Å²) in [6, 6.07) is 14.6. The smallest absolute Gasteiger partial charge is 0.326 e. The van der Waals surface area contributed by atoms with Crippen molar-refractivity contribution in [2.45, 2.75) is 31.4 Å². The zero-order valence-electron chi connectivity index (χ0n) is 16.2. The van der Waals surface area contributed by atoms with Gasteiger partial charge in [-0.1, -0.05) is 36.4 Å². The number of nitrogens with one attached hydrogen (secondary N) is 1. The fourth-order valence-corrected chi connectivity index (χ4v) is 3.31. The molecule has 2 atom stereocenters. The zero-order chi connectivity index (χ0) is 20.8. The van der Waals surface area contributed by atoms with Crippen molar-refractivity contribution in [1.29, 1.82) is 0 Å². The molecular formula is C22H24N2O5. The van der Waals surface area contributed by atoms with Crippen LogP contribution in [0.25, 0.3) is 0 Å². The van der Waals surface area contributed by atoms with E-state index >= 15 is 0 Å². The van der Waals surface area contributed by atoms with Gasteiger partial charge in [-0.15, -0.1) is 0 Å². The first-order valence-electron chi connectivity index (χ1n) is 9.52. The second-order valence-electron chi connectivity index (χ2n) is 7.03. The lowest BCUT2D eigenvalue weighted by Crippen LogP contribution is -2.43. The van der Waals surface area contributed by atoms with E-state index in [1.807, 2.05) is 30.3 Å². The second kappa shape index (κ2) is 9.34. The first-order chi connectivity index (χ1) is 14.0. The maximum Gasteiger partial charge on any atom is 0.326 e. The fourth-order valence-electron chi connectivity index (χ4n) is 3.31. The molecule has 0 aromatic heterocycles. The van der Waals surface area contributed by atoms with Crippen LogP contribution in [-0.4, -0.2) is 53.6 Å². The summed E-state index contributed by atoms with van der Waals surface area (Å²) >= 11 is 0. The number of likely N-dealkylation sites (N-methyl/N-ethyl adjacent to an activating group) is 1. The zero-order valence-corrected chi connectivity index (χ0v) is 16.2. The highest BCUT2D eigenvalue weighted by Gasteiger charge is 2.28. The summed E-state index contributed by atoms with van der Waals surface area (Å²) in [5, 5.41) is 12.4. The molecule has 0 saturated carbocycles. The number of anilines is 1. The number of carbonyl (C=O) groups excluding carboxylic acids is 2. The van der Waals surface area contributed by atoms with Crippen LogP contribution in [0.5, 0.6) is 0 Å². The van der Waals surface area contributed by atoms with Crippen LogP contribution >= 0.6 is 0 Å². The number of aliphatic carboxylic acids is 1. The van der Waals surface area contributed by atoms with Crippen LogP contribution in [0, 0.1) is 0 Å². The molecule has 1 aliphatic heterocycles. The summed E-state index contributed by atoms with van der Waals surface area (Å²) in [5.41, 5.74) is 1.61. The molecule has 1 saturated heterocycles. The Balaban J connectivity index is 1.72. The molecule has 2 aromatic rings. The van der Waals surface area contributed by atoms with Gasteiger partial charge in [-0.25, -0.2) is 4.79 Å². The van der Waals surface area contributed by atoms with E-state index in [9.17, 15) is 19.5 Å². The molecule has 0 aliphatic carbocycles. The minimum absolute atomic E-state index is 0.202. The van der Waals surface area contributed by atoms with Crippen molar-refractivity contribution in [3.63, 3.8) is 0 Å². The largest absolute Gasteiger partial charge is 0.480 e. The maximum atomic E-state index is 12.9. The number of hydrogen-bond donors (Lipinski definition) is 2. The highest BCUT2D eigenvalue weighted by molar-refractivity contribution is 5.99. The molecule has 29 heavy (non-hydrogen) atoms. The van der Waals surface area contributed by atoms with Crippen LogP contribution in [0.3, 0.4) is 0 Å². The average Bonchev–Trinajstić information content (AvgIpc) is 3.27. The van der Waals surface area contributed by atoms with Gasteiger partial charge in [0.1, 0.15) is 12.1 Å². The molecule has 0 bridgehead atoms. The fraction of sp³-hybridized carbons (Fsp3) is 0.318. The lowest BCUT2D eigenvalue weighted by atomic mass is 10.0. The van der Waals surface area contributed by atoms with Gasteiger partial charge in [0.25, 0.3) is 11.8 Å². The number of hydrogen-bond acceptors (Lipinski definition) is 4. The molecule has 2 amide bonds. The summed E-state index contributed by atoms with van der Waals surface area (Å²) in [4.78, 5) is 38.1. The molecule has 2 N–H and O–H groups in total. The Labute approximate surface area is 169 Å². The molecule has 1 fully saturated rings. The molecule has 152 valence electrons. The Kier molecular flexibility index (Phi) is 6.61. The monoisotopic (exact) mass is 396 g/mol. The van der Waals surface area contributed by atoms with Crippen LogP contribution in [0.2, 0.25) is 0 Å². The minimum atomic E-state index is -1.08. The average molecular weight is 396 g/mol. The molecule has 7 nitrogen and oxygen atoms in total. The highest BCUT2D eigenvalue weighted by Crippen LogP contribution is 2.18. The number of amides is 2. The van der Waals surface area contributed by atoms with E-state index in [2.05, 4.69) is 5.32 Å². The van der Waals surface area contributed by atoms with Crippen molar-refractivity contribution in [2.75, 3.05) is 19.0 Å². The molecular weight excluding hydrogens is 372 g/mol. The molecule has 0 radical (unpaired) electrons. The summed E-state index contributed by atoms with van der Waals surface area (Å²) < 4.78 is 5.36. The van der Waals surface area contributed by atoms with Crippen LogP contribution < -0.4 is 5.32 Å². The molecule has 3 rings (SSSR count). The van der Waals surface area contributed by atoms with E-state index in [0.717, 1.165) is 12.0 Å². The van der Waals surface area contributed by atoms with Gasteiger partial charge in [-0.2, -0.15) is 0 Å². The third-order valence-corrected chi connectivity index (χ3v) is 4.94. The Morgan fingerprint density at radius 1 is 1.17 bits per heavy atom. The van der Waals surface area contributed by atoms with Crippen LogP contribution in [0.1, 0.15) is 28.8 Å². The minimum Gasteiger partial charge on any atom is -0.480 e. The van der Waals surface area contributed by atoms with Crippen molar-refractivity contribution < 1.29 is 24.2 Å². The molecule has 1 aliphatic rings. The van der Waals surface area contributed by atoms with E-state index in [-0.39, 0.29) is 12.3 Å². The molecule has 2 unspecified atom stereocenters. The van der Waals surface area contributed by atoms with Crippen LogP contribution in [0.15, 0.2) is 54.6 Å². The predicted molar refractivity (Wildman–Crippen MR) is 108 cm³/mol. The highest BCUT2D eigenvalue weighted by atomic mass is 16.5. The van der Waals surface area contributed by atoms with Crippen molar-refractivity contribution >= 4 is 23.5 Å². The second-order valence-corrected chi connectivity index (χ2v) is 7.03. The van der Waals surface area contributed by atoms with E-state index in [1.165, 1.54) is 11.9 Å². The topological polar surface area (TPSA) is 95.9 Å². The Hall–Kier alpha value is -3.19. The summed E-state index contributed by atoms with van der Waals surface area (Å²) in [7, 11) is 1.47. The number of nitrogens with zero attached hydrogens (tertiary/aromatic N) is 1.